The van der Waals surface area contributed by atoms with Crippen LogP contribution in [0.15, 0.2) is 12.1 Å². The van der Waals surface area contributed by atoms with Crippen LogP contribution in [0.4, 0.5) is 32.0 Å². The van der Waals surface area contributed by atoms with Crippen molar-refractivity contribution in [1.29, 1.82) is 0 Å². The van der Waals surface area contributed by atoms with E-state index < -0.39 is 40.0 Å². The van der Waals surface area contributed by atoms with Gasteiger partial charge in [-0.1, -0.05) is 0 Å². The highest BCUT2D eigenvalue weighted by Gasteiger charge is 2.44. The quantitative estimate of drug-likeness (QED) is 0.487. The molecule has 2 N–H and O–H groups in total. The first-order chi connectivity index (χ1) is 7.96. The van der Waals surface area contributed by atoms with Gasteiger partial charge in [-0.25, -0.2) is 0 Å². The van der Waals surface area contributed by atoms with Crippen LogP contribution in [0.1, 0.15) is 21.5 Å². The molecule has 0 atom stereocenters. The average Bonchev–Trinajstić information content (AvgIpc) is 2.12. The van der Waals surface area contributed by atoms with Crippen molar-refractivity contribution < 1.29 is 31.1 Å². The van der Waals surface area contributed by atoms with E-state index in [2.05, 4.69) is 0 Å². The fourth-order valence-corrected chi connectivity index (χ4v) is 1.56. The summed E-state index contributed by atoms with van der Waals surface area (Å²) in [7, 11) is 0. The van der Waals surface area contributed by atoms with Gasteiger partial charge in [-0.05, 0) is 23.7 Å². The highest BCUT2D eigenvalue weighted by molar-refractivity contribution is 6.68. The van der Waals surface area contributed by atoms with Gasteiger partial charge in [0.2, 0.25) is 0 Å². The van der Waals surface area contributed by atoms with Crippen LogP contribution < -0.4 is 5.73 Å². The van der Waals surface area contributed by atoms with Gasteiger partial charge in [-0.3, -0.25) is 4.79 Å². The second-order valence-corrected chi connectivity index (χ2v) is 3.56. The number of nitrogens with two attached hydrogens (primary N) is 1. The van der Waals surface area contributed by atoms with Crippen LogP contribution in [-0.4, -0.2) is 5.24 Å². The molecular formula is C9H4ClF6NO. The lowest BCUT2D eigenvalue weighted by Gasteiger charge is -2.17. The molecule has 0 radical (unpaired) electrons. The first-order valence-electron chi connectivity index (χ1n) is 4.23. The third-order valence-electron chi connectivity index (χ3n) is 2.02. The summed E-state index contributed by atoms with van der Waals surface area (Å²) in [5.74, 6) is 0. The molecule has 9 heteroatoms. The number of rotatable bonds is 1. The number of halogens is 7. The molecule has 1 rings (SSSR count). The SMILES string of the molecule is Nc1ccc(C(F)(F)F)c(C(=O)Cl)c1C(F)(F)F. The molecule has 0 aliphatic carbocycles. The fraction of sp³-hybridized carbons (Fsp3) is 0.222. The van der Waals surface area contributed by atoms with Crippen LogP contribution in [0.3, 0.4) is 0 Å². The highest BCUT2D eigenvalue weighted by atomic mass is 35.5. The molecular weight excluding hydrogens is 288 g/mol. The summed E-state index contributed by atoms with van der Waals surface area (Å²) in [4.78, 5) is 10.8. The maximum absolute atomic E-state index is 12.6. The molecule has 1 aromatic carbocycles. The molecule has 1 aromatic rings. The van der Waals surface area contributed by atoms with Gasteiger partial charge in [0.05, 0.1) is 16.7 Å². The van der Waals surface area contributed by atoms with Crippen molar-refractivity contribution >= 4 is 22.5 Å². The van der Waals surface area contributed by atoms with Gasteiger partial charge in [0.15, 0.2) is 0 Å². The summed E-state index contributed by atoms with van der Waals surface area (Å²) in [6.07, 6.45) is -10.4. The lowest BCUT2D eigenvalue weighted by Crippen LogP contribution is -2.20. The van der Waals surface area contributed by atoms with Gasteiger partial charge in [-0.15, -0.1) is 0 Å². The Hall–Kier alpha value is -1.44. The lowest BCUT2D eigenvalue weighted by atomic mass is 9.99. The summed E-state index contributed by atoms with van der Waals surface area (Å²) in [6.45, 7) is 0. The second-order valence-electron chi connectivity index (χ2n) is 3.22. The molecule has 0 aliphatic rings. The Morgan fingerprint density at radius 1 is 1.06 bits per heavy atom. The van der Waals surface area contributed by atoms with Gasteiger partial charge >= 0.3 is 12.4 Å². The largest absolute Gasteiger partial charge is 0.419 e. The Morgan fingerprint density at radius 2 is 1.56 bits per heavy atom. The normalized spacial score (nSPS) is 12.6. The number of hydrogen-bond acceptors (Lipinski definition) is 2. The standard InChI is InChI=1S/C9H4ClF6NO/c10-7(18)5-3(8(11,12)13)1-2-4(17)6(5)9(14,15)16/h1-2H,17H2. The molecule has 0 aliphatic heterocycles. The summed E-state index contributed by atoms with van der Waals surface area (Å²) in [5.41, 5.74) is -1.38. The predicted molar refractivity (Wildman–Crippen MR) is 51.0 cm³/mol. The summed E-state index contributed by atoms with van der Waals surface area (Å²) < 4.78 is 75.2. The number of alkyl halides is 6. The minimum absolute atomic E-state index is 0.278. The van der Waals surface area contributed by atoms with E-state index in [9.17, 15) is 31.1 Å². The van der Waals surface area contributed by atoms with Crippen molar-refractivity contribution in [2.45, 2.75) is 12.4 Å². The monoisotopic (exact) mass is 291 g/mol. The lowest BCUT2D eigenvalue weighted by molar-refractivity contribution is -0.143. The number of carbonyl (C=O) groups is 1. The van der Waals surface area contributed by atoms with E-state index in [4.69, 9.17) is 17.3 Å². The van der Waals surface area contributed by atoms with Crippen LogP contribution >= 0.6 is 11.6 Å². The van der Waals surface area contributed by atoms with Crippen LogP contribution in [0.2, 0.25) is 0 Å². The van der Waals surface area contributed by atoms with Crippen molar-refractivity contribution in [2.24, 2.45) is 0 Å². The van der Waals surface area contributed by atoms with Gasteiger partial charge < -0.3 is 5.73 Å². The molecule has 0 unspecified atom stereocenters. The topological polar surface area (TPSA) is 43.1 Å². The summed E-state index contributed by atoms with van der Waals surface area (Å²) >= 11 is 4.80. The maximum atomic E-state index is 12.6. The minimum Gasteiger partial charge on any atom is -0.398 e. The number of carbonyl (C=O) groups excluding carboxylic acids is 1. The predicted octanol–water partition coefficient (Wildman–Crippen LogP) is 3.69. The molecule has 100 valence electrons. The van der Waals surface area contributed by atoms with E-state index in [1.807, 2.05) is 0 Å². The Labute approximate surface area is 101 Å². The fourth-order valence-electron chi connectivity index (χ4n) is 1.36. The molecule has 0 aromatic heterocycles. The van der Waals surface area contributed by atoms with Crippen LogP contribution in [0.25, 0.3) is 0 Å². The van der Waals surface area contributed by atoms with E-state index in [1.165, 1.54) is 0 Å². The third kappa shape index (κ3) is 2.69. The van der Waals surface area contributed by atoms with E-state index >= 15 is 0 Å². The molecule has 0 spiro atoms. The summed E-state index contributed by atoms with van der Waals surface area (Å²) in [5, 5.41) is -1.87. The smallest absolute Gasteiger partial charge is 0.398 e. The van der Waals surface area contributed by atoms with Gasteiger partial charge in [0.25, 0.3) is 5.24 Å². The maximum Gasteiger partial charge on any atom is 0.419 e. The molecule has 0 heterocycles. The zero-order valence-electron chi connectivity index (χ0n) is 8.29. The van der Waals surface area contributed by atoms with Gasteiger partial charge in [0.1, 0.15) is 0 Å². The third-order valence-corrected chi connectivity index (χ3v) is 2.21. The number of benzene rings is 1. The van der Waals surface area contributed by atoms with Gasteiger partial charge in [0, 0.05) is 5.69 Å². The first-order valence-corrected chi connectivity index (χ1v) is 4.60. The van der Waals surface area contributed by atoms with Crippen LogP contribution in [-0.2, 0) is 12.4 Å². The molecule has 0 fully saturated rings. The molecule has 0 saturated heterocycles. The van der Waals surface area contributed by atoms with Crippen molar-refractivity contribution in [3.63, 3.8) is 0 Å². The second kappa shape index (κ2) is 4.34. The van der Waals surface area contributed by atoms with Crippen molar-refractivity contribution in [2.75, 3.05) is 5.73 Å². The van der Waals surface area contributed by atoms with E-state index in [0.717, 1.165) is 0 Å². The molecule has 0 bridgehead atoms. The number of anilines is 1. The Balaban J connectivity index is 3.76. The summed E-state index contributed by atoms with van der Waals surface area (Å²) in [6, 6.07) is 0.704. The Morgan fingerprint density at radius 3 is 1.89 bits per heavy atom. The zero-order valence-corrected chi connectivity index (χ0v) is 9.04. The van der Waals surface area contributed by atoms with E-state index in [1.54, 1.807) is 0 Å². The molecule has 2 nitrogen and oxygen atoms in total. The number of hydrogen-bond donors (Lipinski definition) is 1. The van der Waals surface area contributed by atoms with E-state index in [0.29, 0.717) is 6.07 Å². The van der Waals surface area contributed by atoms with Crippen molar-refractivity contribution in [3.05, 3.63) is 28.8 Å². The van der Waals surface area contributed by atoms with Crippen LogP contribution in [0, 0.1) is 0 Å². The van der Waals surface area contributed by atoms with E-state index in [-0.39, 0.29) is 6.07 Å². The van der Waals surface area contributed by atoms with Crippen molar-refractivity contribution in [3.8, 4) is 0 Å². The molecule has 0 amide bonds. The van der Waals surface area contributed by atoms with Gasteiger partial charge in [-0.2, -0.15) is 26.3 Å². The zero-order chi connectivity index (χ0) is 14.3. The average molecular weight is 292 g/mol. The molecule has 0 saturated carbocycles. The van der Waals surface area contributed by atoms with Crippen LogP contribution in [0.5, 0.6) is 0 Å². The first kappa shape index (κ1) is 14.6. The highest BCUT2D eigenvalue weighted by Crippen LogP contribution is 2.42. The minimum atomic E-state index is -5.22. The number of nitrogen functional groups attached to an aromatic ring is 1. The Kier molecular flexibility index (Phi) is 3.53. The van der Waals surface area contributed by atoms with Crippen molar-refractivity contribution in [1.82, 2.24) is 0 Å². The Bertz CT molecular complexity index is 493. The molecule has 18 heavy (non-hydrogen) atoms.